The summed E-state index contributed by atoms with van der Waals surface area (Å²) in [6, 6.07) is 20.6. The summed E-state index contributed by atoms with van der Waals surface area (Å²) in [7, 11) is 0. The van der Waals surface area contributed by atoms with E-state index in [2.05, 4.69) is 31.4 Å². The third-order valence-electron chi connectivity index (χ3n) is 4.44. The van der Waals surface area contributed by atoms with E-state index in [1.807, 2.05) is 18.2 Å². The second-order valence-corrected chi connectivity index (χ2v) is 8.49. The van der Waals surface area contributed by atoms with Gasteiger partial charge >= 0.3 is 0 Å². The number of hydrogen-bond donors (Lipinski definition) is 1. The van der Waals surface area contributed by atoms with Gasteiger partial charge in [0.1, 0.15) is 5.82 Å². The monoisotopic (exact) mass is 510 g/mol. The van der Waals surface area contributed by atoms with Crippen molar-refractivity contribution in [3.05, 3.63) is 99.0 Å². The molecular formula is C23H16BrFN4O2S. The lowest BCUT2D eigenvalue weighted by atomic mass is 10.2. The lowest BCUT2D eigenvalue weighted by molar-refractivity contribution is -0.118. The molecule has 9 heteroatoms. The Morgan fingerprint density at radius 2 is 1.88 bits per heavy atom. The molecule has 0 fully saturated rings. The van der Waals surface area contributed by atoms with Gasteiger partial charge in [0.15, 0.2) is 5.16 Å². The summed E-state index contributed by atoms with van der Waals surface area (Å²) in [5, 5.41) is 4.69. The lowest BCUT2D eigenvalue weighted by Crippen LogP contribution is -2.24. The van der Waals surface area contributed by atoms with Gasteiger partial charge in [-0.15, -0.1) is 0 Å². The quantitative estimate of drug-likeness (QED) is 0.179. The number of nitrogens with one attached hydrogen (secondary N) is 1. The fraction of sp³-hybridized carbons (Fsp3) is 0.0435. The Labute approximate surface area is 195 Å². The van der Waals surface area contributed by atoms with Gasteiger partial charge in [-0.05, 0) is 42.5 Å². The van der Waals surface area contributed by atoms with Gasteiger partial charge in [-0.25, -0.2) is 14.8 Å². The highest BCUT2D eigenvalue weighted by Gasteiger charge is 2.14. The van der Waals surface area contributed by atoms with Crippen LogP contribution >= 0.6 is 27.7 Å². The zero-order chi connectivity index (χ0) is 22.5. The van der Waals surface area contributed by atoms with Crippen LogP contribution in [0.15, 0.2) is 92.3 Å². The van der Waals surface area contributed by atoms with Crippen LogP contribution in [0, 0.1) is 5.82 Å². The standard InChI is InChI=1S/C23H16BrFN4O2S/c24-16-10-11-19(25)15(12-16)13-26-28-21(30)14-32-23-27-20-9-5-4-8-18(20)22(31)29(23)17-6-2-1-3-7-17/h1-13H,14H2,(H,28,30). The molecule has 4 rings (SSSR count). The molecule has 6 nitrogen and oxygen atoms in total. The van der Waals surface area contributed by atoms with Gasteiger partial charge in [-0.2, -0.15) is 5.10 Å². The number of nitrogens with zero attached hydrogens (tertiary/aromatic N) is 3. The molecule has 0 aliphatic rings. The van der Waals surface area contributed by atoms with Crippen LogP contribution in [0.3, 0.4) is 0 Å². The van der Waals surface area contributed by atoms with Crippen molar-refractivity contribution in [1.82, 2.24) is 15.0 Å². The van der Waals surface area contributed by atoms with Crippen LogP contribution in [-0.2, 0) is 4.79 Å². The Morgan fingerprint density at radius 3 is 2.69 bits per heavy atom. The summed E-state index contributed by atoms with van der Waals surface area (Å²) in [5.41, 5.74) is 3.60. The molecule has 0 atom stereocenters. The number of carbonyl (C=O) groups excluding carboxylic acids is 1. The van der Waals surface area contributed by atoms with Crippen molar-refractivity contribution in [3.8, 4) is 5.69 Å². The van der Waals surface area contributed by atoms with E-state index in [4.69, 9.17) is 0 Å². The molecule has 1 amide bonds. The van der Waals surface area contributed by atoms with Gasteiger partial charge < -0.3 is 0 Å². The minimum absolute atomic E-state index is 0.0318. The van der Waals surface area contributed by atoms with Gasteiger partial charge in [0.25, 0.3) is 11.5 Å². The fourth-order valence-corrected chi connectivity index (χ4v) is 4.15. The Balaban J connectivity index is 1.55. The van der Waals surface area contributed by atoms with Gasteiger partial charge in [0.2, 0.25) is 0 Å². The fourth-order valence-electron chi connectivity index (χ4n) is 2.96. The van der Waals surface area contributed by atoms with Crippen molar-refractivity contribution >= 4 is 50.7 Å². The highest BCUT2D eigenvalue weighted by atomic mass is 79.9. The van der Waals surface area contributed by atoms with Crippen molar-refractivity contribution in [3.63, 3.8) is 0 Å². The summed E-state index contributed by atoms with van der Waals surface area (Å²) in [6.07, 6.45) is 1.23. The highest BCUT2D eigenvalue weighted by Crippen LogP contribution is 2.21. The highest BCUT2D eigenvalue weighted by molar-refractivity contribution is 9.10. The normalized spacial score (nSPS) is 11.2. The number of para-hydroxylation sites is 2. The molecule has 0 aliphatic carbocycles. The van der Waals surface area contributed by atoms with Crippen molar-refractivity contribution in [2.75, 3.05) is 5.75 Å². The van der Waals surface area contributed by atoms with Crippen molar-refractivity contribution in [2.45, 2.75) is 5.16 Å². The number of benzene rings is 3. The molecule has 0 radical (unpaired) electrons. The molecule has 0 aliphatic heterocycles. The predicted octanol–water partition coefficient (Wildman–Crippen LogP) is 4.53. The lowest BCUT2D eigenvalue weighted by Gasteiger charge is -2.12. The molecular weight excluding hydrogens is 495 g/mol. The number of halogens is 2. The number of carbonyl (C=O) groups is 1. The average Bonchev–Trinajstić information content (AvgIpc) is 2.80. The largest absolute Gasteiger partial charge is 0.272 e. The maximum Gasteiger partial charge on any atom is 0.266 e. The number of hydrazone groups is 1. The zero-order valence-corrected chi connectivity index (χ0v) is 18.9. The number of amides is 1. The predicted molar refractivity (Wildman–Crippen MR) is 128 cm³/mol. The maximum absolute atomic E-state index is 13.8. The third kappa shape index (κ3) is 4.95. The van der Waals surface area contributed by atoms with Crippen LogP contribution in [0.4, 0.5) is 4.39 Å². The van der Waals surface area contributed by atoms with Crippen molar-refractivity contribution in [2.24, 2.45) is 5.10 Å². The Kier molecular flexibility index (Phi) is 6.77. The number of aromatic nitrogens is 2. The second-order valence-electron chi connectivity index (χ2n) is 6.64. The summed E-state index contributed by atoms with van der Waals surface area (Å²) in [5.74, 6) is -0.896. The van der Waals surface area contributed by atoms with Gasteiger partial charge in [-0.1, -0.05) is 58.0 Å². The van der Waals surface area contributed by atoms with Gasteiger partial charge in [0, 0.05) is 10.0 Å². The first-order valence-corrected chi connectivity index (χ1v) is 11.3. The Hall–Kier alpha value is -3.30. The molecule has 0 bridgehead atoms. The van der Waals surface area contributed by atoms with Crippen molar-refractivity contribution in [1.29, 1.82) is 0 Å². The topological polar surface area (TPSA) is 76.3 Å². The van der Waals surface area contributed by atoms with E-state index in [9.17, 15) is 14.0 Å². The van der Waals surface area contributed by atoms with Crippen LogP contribution in [0.5, 0.6) is 0 Å². The molecule has 1 aromatic heterocycles. The minimum Gasteiger partial charge on any atom is -0.272 e. The average molecular weight is 511 g/mol. The molecule has 0 saturated carbocycles. The number of fused-ring (bicyclic) bond motifs is 1. The molecule has 0 saturated heterocycles. The molecule has 4 aromatic rings. The maximum atomic E-state index is 13.8. The van der Waals surface area contributed by atoms with Crippen LogP contribution in [0.2, 0.25) is 0 Å². The summed E-state index contributed by atoms with van der Waals surface area (Å²) in [6.45, 7) is 0. The number of thioether (sulfide) groups is 1. The van der Waals surface area contributed by atoms with Crippen molar-refractivity contribution < 1.29 is 9.18 Å². The summed E-state index contributed by atoms with van der Waals surface area (Å²) >= 11 is 4.38. The third-order valence-corrected chi connectivity index (χ3v) is 5.87. The van der Waals surface area contributed by atoms with E-state index >= 15 is 0 Å². The zero-order valence-electron chi connectivity index (χ0n) is 16.5. The first-order chi connectivity index (χ1) is 15.5. The molecule has 0 unspecified atom stereocenters. The van der Waals surface area contributed by atoms with E-state index in [1.165, 1.54) is 16.8 Å². The van der Waals surface area contributed by atoms with E-state index in [1.54, 1.807) is 48.5 Å². The van der Waals surface area contributed by atoms with E-state index < -0.39 is 11.7 Å². The van der Waals surface area contributed by atoms with Gasteiger partial charge in [-0.3, -0.25) is 14.2 Å². The molecule has 1 heterocycles. The van der Waals surface area contributed by atoms with E-state index in [0.717, 1.165) is 11.8 Å². The van der Waals surface area contributed by atoms with Crippen LogP contribution in [0.25, 0.3) is 16.6 Å². The minimum atomic E-state index is -0.451. The molecule has 3 aromatic carbocycles. The van der Waals surface area contributed by atoms with E-state index in [-0.39, 0.29) is 16.9 Å². The Morgan fingerprint density at radius 1 is 1.12 bits per heavy atom. The molecule has 32 heavy (non-hydrogen) atoms. The molecule has 1 N–H and O–H groups in total. The first kappa shape index (κ1) is 21.9. The van der Waals surface area contributed by atoms with Gasteiger partial charge in [0.05, 0.1) is 28.6 Å². The second kappa shape index (κ2) is 9.88. The molecule has 160 valence electrons. The Bertz CT molecular complexity index is 1380. The summed E-state index contributed by atoms with van der Waals surface area (Å²) < 4.78 is 15.9. The summed E-state index contributed by atoms with van der Waals surface area (Å²) in [4.78, 5) is 30.0. The van der Waals surface area contributed by atoms with Crippen LogP contribution < -0.4 is 11.0 Å². The SMILES string of the molecule is O=C(CSc1nc2ccccc2c(=O)n1-c1ccccc1)NN=Cc1cc(Br)ccc1F. The number of hydrogen-bond acceptors (Lipinski definition) is 5. The number of rotatable bonds is 6. The van der Waals surface area contributed by atoms with E-state index in [0.29, 0.717) is 26.2 Å². The van der Waals surface area contributed by atoms with Crippen LogP contribution in [0.1, 0.15) is 5.56 Å². The van der Waals surface area contributed by atoms with Crippen LogP contribution in [-0.4, -0.2) is 27.4 Å². The molecule has 0 spiro atoms. The first-order valence-electron chi connectivity index (χ1n) is 9.50. The smallest absolute Gasteiger partial charge is 0.266 e.